The number of ether oxygens (including phenoxy) is 2. The molecular weight excluding hydrogens is 354 g/mol. The molecule has 1 atom stereocenters. The van der Waals surface area contributed by atoms with E-state index >= 15 is 0 Å². The van der Waals surface area contributed by atoms with E-state index in [2.05, 4.69) is 22.4 Å². The molecule has 4 nitrogen and oxygen atoms in total. The van der Waals surface area contributed by atoms with Crippen molar-refractivity contribution in [2.24, 2.45) is 0 Å². The zero-order valence-electron chi connectivity index (χ0n) is 14.5. The third-order valence-electron chi connectivity index (χ3n) is 3.38. The zero-order valence-corrected chi connectivity index (χ0v) is 15.6. The minimum Gasteiger partial charge on any atom is -0.423 e. The molecule has 2 rings (SSSR count). The van der Waals surface area contributed by atoms with E-state index in [1.54, 1.807) is 31.2 Å². The van der Waals surface area contributed by atoms with Gasteiger partial charge in [-0.15, -0.1) is 9.24 Å². The Morgan fingerprint density at radius 3 is 2.12 bits per heavy atom. The number of carbonyl (C=O) groups excluding carboxylic acids is 2. The maximum Gasteiger partial charge on any atom is 0.338 e. The Morgan fingerprint density at radius 2 is 1.58 bits per heavy atom. The van der Waals surface area contributed by atoms with Crippen molar-refractivity contribution in [1.29, 1.82) is 0 Å². The molecule has 0 saturated heterocycles. The lowest BCUT2D eigenvalue weighted by atomic mass is 10.0. The summed E-state index contributed by atoms with van der Waals surface area (Å²) in [6.07, 6.45) is 0. The first-order valence-electron chi connectivity index (χ1n) is 7.64. The number of benzene rings is 2. The molecule has 0 amide bonds. The third kappa shape index (κ3) is 4.64. The lowest BCUT2D eigenvalue weighted by molar-refractivity contribution is -0.131. The fraction of sp³-hybridized carbons (Fsp3) is 0.100. The molecule has 0 spiro atoms. The molecule has 0 aliphatic rings. The van der Waals surface area contributed by atoms with Gasteiger partial charge in [-0.2, -0.15) is 0 Å². The Balaban J connectivity index is 2.27. The SMILES string of the molecule is C=C(C)C(=O)Oc1ccc(-c2ccc(OC(=O)C(=C)C)c(F)c2)c(P)c1. The molecular formula is C20H18FO4P. The van der Waals surface area contributed by atoms with Crippen LogP contribution in [0.1, 0.15) is 13.8 Å². The van der Waals surface area contributed by atoms with E-state index in [0.29, 0.717) is 22.2 Å². The van der Waals surface area contributed by atoms with Crippen LogP contribution in [0.25, 0.3) is 11.1 Å². The summed E-state index contributed by atoms with van der Waals surface area (Å²) in [6, 6.07) is 9.24. The largest absolute Gasteiger partial charge is 0.423 e. The van der Waals surface area contributed by atoms with Crippen LogP contribution < -0.4 is 14.8 Å². The maximum atomic E-state index is 14.2. The smallest absolute Gasteiger partial charge is 0.338 e. The summed E-state index contributed by atoms with van der Waals surface area (Å²) in [5.41, 5.74) is 1.78. The first-order chi connectivity index (χ1) is 12.2. The summed E-state index contributed by atoms with van der Waals surface area (Å²) in [6.45, 7) is 10.0. The Labute approximate surface area is 153 Å². The van der Waals surface area contributed by atoms with Gasteiger partial charge in [0.05, 0.1) is 0 Å². The molecule has 0 heterocycles. The van der Waals surface area contributed by atoms with Crippen LogP contribution in [0.4, 0.5) is 4.39 Å². The van der Waals surface area contributed by atoms with Gasteiger partial charge in [0, 0.05) is 11.1 Å². The lowest BCUT2D eigenvalue weighted by Crippen LogP contribution is -2.10. The highest BCUT2D eigenvalue weighted by atomic mass is 31.0. The highest BCUT2D eigenvalue weighted by molar-refractivity contribution is 7.28. The predicted octanol–water partition coefficient (Wildman–Crippen LogP) is 3.96. The van der Waals surface area contributed by atoms with E-state index in [4.69, 9.17) is 9.47 Å². The van der Waals surface area contributed by atoms with Gasteiger partial charge in [-0.3, -0.25) is 0 Å². The summed E-state index contributed by atoms with van der Waals surface area (Å²) >= 11 is 0. The van der Waals surface area contributed by atoms with E-state index < -0.39 is 17.8 Å². The van der Waals surface area contributed by atoms with Crippen molar-refractivity contribution in [2.45, 2.75) is 13.8 Å². The van der Waals surface area contributed by atoms with Crippen molar-refractivity contribution >= 4 is 26.5 Å². The average Bonchev–Trinajstić information content (AvgIpc) is 2.56. The van der Waals surface area contributed by atoms with Gasteiger partial charge in [0.25, 0.3) is 0 Å². The Morgan fingerprint density at radius 1 is 0.962 bits per heavy atom. The fourth-order valence-corrected chi connectivity index (χ4v) is 2.43. The van der Waals surface area contributed by atoms with Crippen LogP contribution in [0.5, 0.6) is 11.5 Å². The number of esters is 2. The lowest BCUT2D eigenvalue weighted by Gasteiger charge is -2.11. The summed E-state index contributed by atoms with van der Waals surface area (Å²) in [5.74, 6) is -1.68. The first-order valence-corrected chi connectivity index (χ1v) is 8.21. The Bertz CT molecular complexity index is 918. The van der Waals surface area contributed by atoms with Gasteiger partial charge in [-0.05, 0) is 54.5 Å². The van der Waals surface area contributed by atoms with Crippen LogP contribution in [0, 0.1) is 5.82 Å². The van der Waals surface area contributed by atoms with Gasteiger partial charge < -0.3 is 9.47 Å². The number of halogens is 1. The number of rotatable bonds is 5. The topological polar surface area (TPSA) is 52.6 Å². The molecule has 0 radical (unpaired) electrons. The van der Waals surface area contributed by atoms with Crippen molar-refractivity contribution in [1.82, 2.24) is 0 Å². The standard InChI is InChI=1S/C20H18FO4P/c1-11(2)19(22)24-14-6-7-15(18(26)10-14)13-5-8-17(16(21)9-13)25-20(23)12(3)4/h5-10H,1,3,26H2,2,4H3. The first kappa shape index (κ1) is 19.5. The normalized spacial score (nSPS) is 10.2. The molecule has 0 saturated carbocycles. The van der Waals surface area contributed by atoms with Crippen molar-refractivity contribution in [3.63, 3.8) is 0 Å². The number of hydrogen-bond donors (Lipinski definition) is 0. The van der Waals surface area contributed by atoms with Gasteiger partial charge in [-0.25, -0.2) is 14.0 Å². The third-order valence-corrected chi connectivity index (χ3v) is 3.85. The van der Waals surface area contributed by atoms with Gasteiger partial charge >= 0.3 is 11.9 Å². The fourth-order valence-electron chi connectivity index (χ4n) is 2.00. The number of carbonyl (C=O) groups is 2. The molecule has 134 valence electrons. The molecule has 0 aliphatic carbocycles. The number of hydrogen-bond acceptors (Lipinski definition) is 4. The van der Waals surface area contributed by atoms with Gasteiger partial charge in [0.1, 0.15) is 5.75 Å². The second-order valence-corrected chi connectivity index (χ2v) is 6.36. The highest BCUT2D eigenvalue weighted by Gasteiger charge is 2.13. The summed E-state index contributed by atoms with van der Waals surface area (Å²) in [4.78, 5) is 23.1. The molecule has 0 bridgehead atoms. The molecule has 2 aromatic carbocycles. The monoisotopic (exact) mass is 372 g/mol. The van der Waals surface area contributed by atoms with Gasteiger partial charge in [0.15, 0.2) is 11.6 Å². The summed E-state index contributed by atoms with van der Waals surface area (Å²) in [5, 5.41) is 0.711. The molecule has 1 unspecified atom stereocenters. The van der Waals surface area contributed by atoms with E-state index in [0.717, 1.165) is 5.56 Å². The minimum absolute atomic E-state index is 0.168. The second kappa shape index (κ2) is 8.07. The van der Waals surface area contributed by atoms with Crippen molar-refractivity contribution in [2.75, 3.05) is 0 Å². The Hall–Kier alpha value is -2.78. The molecule has 0 fully saturated rings. The van der Waals surface area contributed by atoms with Crippen LogP contribution in [0.2, 0.25) is 0 Å². The van der Waals surface area contributed by atoms with Crippen molar-refractivity contribution in [3.05, 3.63) is 66.5 Å². The predicted molar refractivity (Wildman–Crippen MR) is 102 cm³/mol. The van der Waals surface area contributed by atoms with E-state index in [-0.39, 0.29) is 11.3 Å². The van der Waals surface area contributed by atoms with Crippen LogP contribution in [-0.4, -0.2) is 11.9 Å². The highest BCUT2D eigenvalue weighted by Crippen LogP contribution is 2.27. The zero-order chi connectivity index (χ0) is 19.4. The summed E-state index contributed by atoms with van der Waals surface area (Å²) in [7, 11) is 2.51. The van der Waals surface area contributed by atoms with Crippen LogP contribution in [0.15, 0.2) is 60.7 Å². The van der Waals surface area contributed by atoms with E-state index in [9.17, 15) is 14.0 Å². The van der Waals surface area contributed by atoms with E-state index in [1.807, 2.05) is 0 Å². The van der Waals surface area contributed by atoms with Gasteiger partial charge in [-0.1, -0.05) is 25.3 Å². The molecule has 0 N–H and O–H groups in total. The average molecular weight is 372 g/mol. The quantitative estimate of drug-likeness (QED) is 0.345. The molecule has 0 aliphatic heterocycles. The molecule has 6 heteroatoms. The molecule has 26 heavy (non-hydrogen) atoms. The van der Waals surface area contributed by atoms with E-state index in [1.165, 1.54) is 19.1 Å². The van der Waals surface area contributed by atoms with Crippen molar-refractivity contribution < 1.29 is 23.5 Å². The second-order valence-electron chi connectivity index (χ2n) is 5.73. The molecule has 2 aromatic rings. The minimum atomic E-state index is -0.688. The van der Waals surface area contributed by atoms with Crippen LogP contribution >= 0.6 is 9.24 Å². The van der Waals surface area contributed by atoms with Crippen molar-refractivity contribution in [3.8, 4) is 22.6 Å². The van der Waals surface area contributed by atoms with Crippen LogP contribution in [-0.2, 0) is 9.59 Å². The Kier molecular flexibility index (Phi) is 6.06. The van der Waals surface area contributed by atoms with Crippen LogP contribution in [0.3, 0.4) is 0 Å². The van der Waals surface area contributed by atoms with Gasteiger partial charge in [0.2, 0.25) is 0 Å². The molecule has 0 aromatic heterocycles. The maximum absolute atomic E-state index is 14.2. The summed E-state index contributed by atoms with van der Waals surface area (Å²) < 4.78 is 24.3.